The van der Waals surface area contributed by atoms with E-state index in [1.54, 1.807) is 24.9 Å². The Morgan fingerprint density at radius 3 is 2.50 bits per heavy atom. The first-order valence-corrected chi connectivity index (χ1v) is 3.30. The molecule has 1 rings (SSSR count). The van der Waals surface area contributed by atoms with E-state index in [1.165, 1.54) is 0 Å². The summed E-state index contributed by atoms with van der Waals surface area (Å²) in [6.07, 6.45) is 1.81. The van der Waals surface area contributed by atoms with Crippen molar-refractivity contribution in [2.75, 3.05) is 6.73 Å². The normalized spacial score (nSPS) is 18.8. The molecule has 3 nitrogen and oxygen atoms in total. The highest BCUT2D eigenvalue weighted by Gasteiger charge is 2.24. The van der Waals surface area contributed by atoms with Crippen LogP contribution < -0.4 is 0 Å². The molecule has 0 aliphatic carbocycles. The molecule has 0 fully saturated rings. The van der Waals surface area contributed by atoms with Crippen molar-refractivity contribution >= 4 is 0 Å². The summed E-state index contributed by atoms with van der Waals surface area (Å²) in [7, 11) is 0. The fraction of sp³-hybridized carbons (Fsp3) is 0.714. The summed E-state index contributed by atoms with van der Waals surface area (Å²) in [4.78, 5) is 1.74. The molecule has 0 spiro atoms. The smallest absolute Gasteiger partial charge is 0.162 e. The predicted molar refractivity (Wildman–Crippen MR) is 37.8 cm³/mol. The van der Waals surface area contributed by atoms with Crippen molar-refractivity contribution in [1.82, 2.24) is 4.90 Å². The first-order valence-electron chi connectivity index (χ1n) is 3.30. The average molecular weight is 143 g/mol. The quantitative estimate of drug-likeness (QED) is 0.591. The summed E-state index contributed by atoms with van der Waals surface area (Å²) in [5, 5.41) is 9.44. The highest BCUT2D eigenvalue weighted by atomic mass is 16.5. The highest BCUT2D eigenvalue weighted by molar-refractivity contribution is 4.95. The van der Waals surface area contributed by atoms with E-state index in [2.05, 4.69) is 0 Å². The number of aliphatic hydroxyl groups is 1. The van der Waals surface area contributed by atoms with Gasteiger partial charge in [0, 0.05) is 6.20 Å². The van der Waals surface area contributed by atoms with Crippen molar-refractivity contribution in [2.45, 2.75) is 26.5 Å². The van der Waals surface area contributed by atoms with Crippen LogP contribution in [-0.4, -0.2) is 22.5 Å². The molecule has 1 aliphatic heterocycles. The first-order chi connectivity index (χ1) is 4.50. The van der Waals surface area contributed by atoms with Crippen LogP contribution in [0.3, 0.4) is 0 Å². The molecule has 0 aromatic heterocycles. The number of hydrogen-bond acceptors (Lipinski definition) is 3. The number of allylic oxidation sites excluding steroid dienone is 1. The van der Waals surface area contributed by atoms with Gasteiger partial charge in [-0.15, -0.1) is 0 Å². The zero-order valence-electron chi connectivity index (χ0n) is 6.59. The molecule has 1 heterocycles. The van der Waals surface area contributed by atoms with Gasteiger partial charge in [0.05, 0.1) is 0 Å². The molecule has 0 aromatic rings. The van der Waals surface area contributed by atoms with E-state index in [0.717, 1.165) is 5.76 Å². The highest BCUT2D eigenvalue weighted by Crippen LogP contribution is 2.18. The second kappa shape index (κ2) is 2.16. The molecule has 10 heavy (non-hydrogen) atoms. The summed E-state index contributed by atoms with van der Waals surface area (Å²) in [6.45, 7) is 5.78. The van der Waals surface area contributed by atoms with Gasteiger partial charge in [-0.05, 0) is 20.8 Å². The lowest BCUT2D eigenvalue weighted by Crippen LogP contribution is -2.38. The Kier molecular flexibility index (Phi) is 1.60. The zero-order chi connectivity index (χ0) is 7.78. The van der Waals surface area contributed by atoms with Gasteiger partial charge in [-0.1, -0.05) is 0 Å². The summed E-state index contributed by atoms with van der Waals surface area (Å²) in [5.41, 5.74) is -0.808. The molecule has 0 saturated heterocycles. The largest absolute Gasteiger partial charge is 0.476 e. The molecule has 0 aromatic carbocycles. The van der Waals surface area contributed by atoms with E-state index < -0.39 is 5.72 Å². The number of rotatable bonds is 1. The third-order valence-electron chi connectivity index (χ3n) is 1.47. The third kappa shape index (κ3) is 1.42. The maximum Gasteiger partial charge on any atom is 0.162 e. The van der Waals surface area contributed by atoms with E-state index in [4.69, 9.17) is 4.74 Å². The van der Waals surface area contributed by atoms with E-state index in [9.17, 15) is 5.11 Å². The van der Waals surface area contributed by atoms with Crippen molar-refractivity contribution < 1.29 is 9.84 Å². The average Bonchev–Trinajstić information content (AvgIpc) is 2.11. The number of ether oxygens (including phenoxy) is 1. The molecule has 1 N–H and O–H groups in total. The molecule has 3 heteroatoms. The van der Waals surface area contributed by atoms with Crippen LogP contribution in [0.15, 0.2) is 12.0 Å². The van der Waals surface area contributed by atoms with Crippen LogP contribution >= 0.6 is 0 Å². The Morgan fingerprint density at radius 2 is 2.30 bits per heavy atom. The van der Waals surface area contributed by atoms with Crippen LogP contribution in [0.25, 0.3) is 0 Å². The topological polar surface area (TPSA) is 32.7 Å². The van der Waals surface area contributed by atoms with E-state index in [1.807, 2.05) is 6.92 Å². The molecule has 0 atom stereocenters. The summed E-state index contributed by atoms with van der Waals surface area (Å²) < 4.78 is 5.12. The van der Waals surface area contributed by atoms with Gasteiger partial charge in [0.15, 0.2) is 6.73 Å². The standard InChI is InChI=1S/C7H13NO2/c1-6-4-8(5-10-6)7(2,3)9/h4,9H,5H2,1-3H3. The van der Waals surface area contributed by atoms with Crippen molar-refractivity contribution in [3.05, 3.63) is 12.0 Å². The lowest BCUT2D eigenvalue weighted by Gasteiger charge is -2.27. The van der Waals surface area contributed by atoms with Crippen LogP contribution in [0, 0.1) is 0 Å². The molecule has 0 radical (unpaired) electrons. The van der Waals surface area contributed by atoms with Gasteiger partial charge in [-0.3, -0.25) is 0 Å². The Bertz CT molecular complexity index is 157. The first kappa shape index (κ1) is 7.41. The maximum absolute atomic E-state index is 9.44. The van der Waals surface area contributed by atoms with E-state index >= 15 is 0 Å². The molecule has 58 valence electrons. The summed E-state index contributed by atoms with van der Waals surface area (Å²) in [5.74, 6) is 0.849. The van der Waals surface area contributed by atoms with Crippen LogP contribution in [0.4, 0.5) is 0 Å². The third-order valence-corrected chi connectivity index (χ3v) is 1.47. The molecular formula is C7H13NO2. The van der Waals surface area contributed by atoms with Crippen molar-refractivity contribution in [2.24, 2.45) is 0 Å². The molecular weight excluding hydrogens is 130 g/mol. The van der Waals surface area contributed by atoms with Gasteiger partial charge in [-0.25, -0.2) is 0 Å². The minimum absolute atomic E-state index is 0.454. The fourth-order valence-electron chi connectivity index (χ4n) is 0.781. The van der Waals surface area contributed by atoms with Gasteiger partial charge >= 0.3 is 0 Å². The molecule has 0 saturated carbocycles. The number of nitrogens with zero attached hydrogens (tertiary/aromatic N) is 1. The van der Waals surface area contributed by atoms with Gasteiger partial charge in [0.25, 0.3) is 0 Å². The Hall–Kier alpha value is -0.700. The Labute approximate surface area is 60.9 Å². The minimum Gasteiger partial charge on any atom is -0.476 e. The second-order valence-corrected chi connectivity index (χ2v) is 2.98. The fourth-order valence-corrected chi connectivity index (χ4v) is 0.781. The van der Waals surface area contributed by atoms with Gasteiger partial charge in [-0.2, -0.15) is 0 Å². The zero-order valence-corrected chi connectivity index (χ0v) is 6.59. The minimum atomic E-state index is -0.808. The van der Waals surface area contributed by atoms with Crippen molar-refractivity contribution in [3.63, 3.8) is 0 Å². The molecule has 0 bridgehead atoms. The SMILES string of the molecule is CC1=CN(C(C)(C)O)CO1. The van der Waals surface area contributed by atoms with Crippen LogP contribution in [0.5, 0.6) is 0 Å². The molecule has 0 unspecified atom stereocenters. The second-order valence-electron chi connectivity index (χ2n) is 2.98. The van der Waals surface area contributed by atoms with Crippen LogP contribution in [0.2, 0.25) is 0 Å². The number of hydrogen-bond donors (Lipinski definition) is 1. The van der Waals surface area contributed by atoms with Gasteiger partial charge < -0.3 is 14.7 Å². The lowest BCUT2D eigenvalue weighted by molar-refractivity contribution is -0.0725. The van der Waals surface area contributed by atoms with Crippen LogP contribution in [0.1, 0.15) is 20.8 Å². The summed E-state index contributed by atoms with van der Waals surface area (Å²) in [6, 6.07) is 0. The Balaban J connectivity index is 2.61. The van der Waals surface area contributed by atoms with Gasteiger partial charge in [0.1, 0.15) is 11.5 Å². The monoisotopic (exact) mass is 143 g/mol. The van der Waals surface area contributed by atoms with Crippen LogP contribution in [-0.2, 0) is 4.74 Å². The summed E-state index contributed by atoms with van der Waals surface area (Å²) >= 11 is 0. The molecule has 1 aliphatic rings. The maximum atomic E-state index is 9.44. The van der Waals surface area contributed by atoms with E-state index in [-0.39, 0.29) is 0 Å². The van der Waals surface area contributed by atoms with Crippen molar-refractivity contribution in [1.29, 1.82) is 0 Å². The van der Waals surface area contributed by atoms with E-state index in [0.29, 0.717) is 6.73 Å². The van der Waals surface area contributed by atoms with Crippen molar-refractivity contribution in [3.8, 4) is 0 Å². The predicted octanol–water partition coefficient (Wildman–Crippen LogP) is 0.866. The Morgan fingerprint density at radius 1 is 1.70 bits per heavy atom. The lowest BCUT2D eigenvalue weighted by atomic mass is 10.3. The molecule has 0 amide bonds. The van der Waals surface area contributed by atoms with Gasteiger partial charge in [0.2, 0.25) is 0 Å².